The van der Waals surface area contributed by atoms with Crippen molar-refractivity contribution in [1.82, 2.24) is 10.2 Å². The van der Waals surface area contributed by atoms with E-state index in [2.05, 4.69) is 5.32 Å². The second-order valence-electron chi connectivity index (χ2n) is 3.28. The molecule has 0 bridgehead atoms. The number of nitrogens with one attached hydrogen (secondary N) is 1. The molecule has 13 heavy (non-hydrogen) atoms. The molecule has 1 aliphatic rings. The van der Waals surface area contributed by atoms with Gasteiger partial charge in [-0.15, -0.1) is 0 Å². The van der Waals surface area contributed by atoms with Gasteiger partial charge in [-0.25, -0.2) is 4.79 Å². The van der Waals surface area contributed by atoms with Gasteiger partial charge in [0, 0.05) is 25.2 Å². The Morgan fingerprint density at radius 1 is 1.69 bits per heavy atom. The number of amides is 1. The van der Waals surface area contributed by atoms with Crippen LogP contribution in [0.3, 0.4) is 0 Å². The molecule has 1 heterocycles. The van der Waals surface area contributed by atoms with Crippen molar-refractivity contribution >= 4 is 6.09 Å². The Morgan fingerprint density at radius 3 is 2.85 bits per heavy atom. The Morgan fingerprint density at radius 2 is 2.38 bits per heavy atom. The van der Waals surface area contributed by atoms with Crippen molar-refractivity contribution in [3.63, 3.8) is 0 Å². The molecule has 5 heteroatoms. The third-order valence-corrected chi connectivity index (χ3v) is 2.44. The zero-order valence-electron chi connectivity index (χ0n) is 7.73. The number of hydrogen-bond acceptors (Lipinski definition) is 3. The summed E-state index contributed by atoms with van der Waals surface area (Å²) in [6.45, 7) is 2.96. The zero-order valence-corrected chi connectivity index (χ0v) is 7.73. The van der Waals surface area contributed by atoms with Crippen molar-refractivity contribution in [3.05, 3.63) is 0 Å². The van der Waals surface area contributed by atoms with Crippen LogP contribution in [0.5, 0.6) is 0 Å². The van der Waals surface area contributed by atoms with Crippen molar-refractivity contribution in [1.29, 1.82) is 0 Å². The highest BCUT2D eigenvalue weighted by Gasteiger charge is 2.29. The van der Waals surface area contributed by atoms with Gasteiger partial charge in [0.25, 0.3) is 0 Å². The number of rotatable bonds is 2. The lowest BCUT2D eigenvalue weighted by Gasteiger charge is -2.37. The summed E-state index contributed by atoms with van der Waals surface area (Å²) < 4.78 is 0. The predicted molar refractivity (Wildman–Crippen MR) is 47.7 cm³/mol. The van der Waals surface area contributed by atoms with E-state index in [0.717, 1.165) is 6.42 Å². The lowest BCUT2D eigenvalue weighted by atomic mass is 10.1. The molecular weight excluding hydrogens is 172 g/mol. The second-order valence-corrected chi connectivity index (χ2v) is 3.28. The highest BCUT2D eigenvalue weighted by molar-refractivity contribution is 5.65. The molecule has 1 aliphatic heterocycles. The van der Waals surface area contributed by atoms with E-state index in [4.69, 9.17) is 10.2 Å². The van der Waals surface area contributed by atoms with Crippen molar-refractivity contribution < 1.29 is 15.0 Å². The molecule has 1 fully saturated rings. The van der Waals surface area contributed by atoms with Gasteiger partial charge in [0.15, 0.2) is 0 Å². The van der Waals surface area contributed by atoms with E-state index in [1.165, 1.54) is 4.90 Å². The average molecular weight is 188 g/mol. The quantitative estimate of drug-likeness (QED) is 0.556. The fraction of sp³-hybridized carbons (Fsp3) is 0.875. The van der Waals surface area contributed by atoms with Gasteiger partial charge >= 0.3 is 6.09 Å². The fourth-order valence-electron chi connectivity index (χ4n) is 1.59. The van der Waals surface area contributed by atoms with Crippen LogP contribution in [0, 0.1) is 0 Å². The third-order valence-electron chi connectivity index (χ3n) is 2.44. The van der Waals surface area contributed by atoms with Crippen molar-refractivity contribution in [2.45, 2.75) is 25.4 Å². The summed E-state index contributed by atoms with van der Waals surface area (Å²) in [6, 6.07) is -0.0702. The summed E-state index contributed by atoms with van der Waals surface area (Å²) in [5, 5.41) is 20.8. The van der Waals surface area contributed by atoms with E-state index in [0.29, 0.717) is 13.1 Å². The number of carboxylic acid groups (broad SMARTS) is 1. The van der Waals surface area contributed by atoms with Crippen LogP contribution in [0.15, 0.2) is 0 Å². The molecule has 2 atom stereocenters. The van der Waals surface area contributed by atoms with Crippen molar-refractivity contribution in [3.8, 4) is 0 Å². The van der Waals surface area contributed by atoms with E-state index >= 15 is 0 Å². The number of aliphatic hydroxyl groups excluding tert-OH is 1. The molecule has 1 rings (SSSR count). The van der Waals surface area contributed by atoms with Crippen molar-refractivity contribution in [2.24, 2.45) is 0 Å². The second kappa shape index (κ2) is 4.43. The maximum atomic E-state index is 10.8. The van der Waals surface area contributed by atoms with Gasteiger partial charge in [-0.05, 0) is 6.42 Å². The zero-order chi connectivity index (χ0) is 9.84. The first kappa shape index (κ1) is 10.3. The van der Waals surface area contributed by atoms with Gasteiger partial charge in [0.1, 0.15) is 0 Å². The largest absolute Gasteiger partial charge is 0.465 e. The summed E-state index contributed by atoms with van der Waals surface area (Å²) in [4.78, 5) is 12.2. The van der Waals surface area contributed by atoms with Crippen LogP contribution in [0.25, 0.3) is 0 Å². The van der Waals surface area contributed by atoms with Gasteiger partial charge in [-0.1, -0.05) is 6.92 Å². The van der Waals surface area contributed by atoms with E-state index in [1.807, 2.05) is 6.92 Å². The van der Waals surface area contributed by atoms with Crippen LogP contribution >= 0.6 is 0 Å². The van der Waals surface area contributed by atoms with Gasteiger partial charge in [0.2, 0.25) is 0 Å². The number of piperazine rings is 1. The highest BCUT2D eigenvalue weighted by Crippen LogP contribution is 2.09. The highest BCUT2D eigenvalue weighted by atomic mass is 16.4. The Hall–Kier alpha value is -0.810. The van der Waals surface area contributed by atoms with Crippen molar-refractivity contribution in [2.75, 3.05) is 19.7 Å². The average Bonchev–Trinajstić information content (AvgIpc) is 2.16. The van der Waals surface area contributed by atoms with Crippen LogP contribution in [0.4, 0.5) is 4.79 Å². The molecular formula is C8H16N2O3. The van der Waals surface area contributed by atoms with Gasteiger partial charge in [0.05, 0.1) is 6.61 Å². The maximum Gasteiger partial charge on any atom is 0.407 e. The van der Waals surface area contributed by atoms with Crippen LogP contribution in [-0.2, 0) is 0 Å². The lowest BCUT2D eigenvalue weighted by molar-refractivity contribution is 0.0836. The number of hydrogen-bond donors (Lipinski definition) is 3. The smallest absolute Gasteiger partial charge is 0.407 e. The molecule has 0 aliphatic carbocycles. The predicted octanol–water partition coefficient (Wildman–Crippen LogP) is -0.291. The molecule has 76 valence electrons. The first-order chi connectivity index (χ1) is 6.19. The lowest BCUT2D eigenvalue weighted by Crippen LogP contribution is -2.58. The molecule has 2 unspecified atom stereocenters. The molecule has 0 aromatic carbocycles. The fourth-order valence-corrected chi connectivity index (χ4v) is 1.59. The first-order valence-corrected chi connectivity index (χ1v) is 4.52. The SMILES string of the molecule is CCC1CNC(CO)CN1C(=O)O. The Labute approximate surface area is 77.3 Å². The minimum atomic E-state index is -0.896. The maximum absolute atomic E-state index is 10.8. The number of nitrogens with zero attached hydrogens (tertiary/aromatic N) is 1. The Bertz CT molecular complexity index is 186. The summed E-state index contributed by atoms with van der Waals surface area (Å²) >= 11 is 0. The van der Waals surface area contributed by atoms with Crippen LogP contribution in [0.2, 0.25) is 0 Å². The van der Waals surface area contributed by atoms with E-state index in [1.54, 1.807) is 0 Å². The van der Waals surface area contributed by atoms with Gasteiger partial charge < -0.3 is 20.4 Å². The minimum Gasteiger partial charge on any atom is -0.465 e. The molecule has 0 aromatic rings. The van der Waals surface area contributed by atoms with E-state index in [9.17, 15) is 4.79 Å². The molecule has 0 spiro atoms. The minimum absolute atomic E-state index is 0.0137. The molecule has 0 saturated carbocycles. The first-order valence-electron chi connectivity index (χ1n) is 4.52. The molecule has 0 aromatic heterocycles. The van der Waals surface area contributed by atoms with E-state index < -0.39 is 6.09 Å². The Kier molecular flexibility index (Phi) is 3.50. The van der Waals surface area contributed by atoms with Gasteiger partial charge in [-0.2, -0.15) is 0 Å². The summed E-state index contributed by atoms with van der Waals surface area (Å²) in [5.74, 6) is 0. The standard InChI is InChI=1S/C8H16N2O3/c1-2-7-3-9-6(5-11)4-10(7)8(12)13/h6-7,9,11H,2-5H2,1H3,(H,12,13). The molecule has 3 N–H and O–H groups in total. The summed E-state index contributed by atoms with van der Waals surface area (Å²) in [7, 11) is 0. The molecule has 5 nitrogen and oxygen atoms in total. The monoisotopic (exact) mass is 188 g/mol. The summed E-state index contributed by atoms with van der Waals surface area (Å²) in [5.41, 5.74) is 0. The molecule has 1 saturated heterocycles. The van der Waals surface area contributed by atoms with E-state index in [-0.39, 0.29) is 18.7 Å². The van der Waals surface area contributed by atoms with Crippen LogP contribution in [-0.4, -0.2) is 53.0 Å². The van der Waals surface area contributed by atoms with Gasteiger partial charge in [-0.3, -0.25) is 0 Å². The molecule has 1 amide bonds. The summed E-state index contributed by atoms with van der Waals surface area (Å²) in [6.07, 6.45) is -0.0935. The Balaban J connectivity index is 2.57. The molecule has 0 radical (unpaired) electrons. The van der Waals surface area contributed by atoms with Crippen LogP contribution in [0.1, 0.15) is 13.3 Å². The number of aliphatic hydroxyl groups is 1. The third kappa shape index (κ3) is 2.32. The van der Waals surface area contributed by atoms with Crippen LogP contribution < -0.4 is 5.32 Å². The normalized spacial score (nSPS) is 28.9. The topological polar surface area (TPSA) is 72.8 Å². The number of carbonyl (C=O) groups is 1.